The molecule has 0 bridgehead atoms. The molecule has 0 saturated carbocycles. The van der Waals surface area contributed by atoms with Gasteiger partial charge < -0.3 is 32.3 Å². The molecular formula is C18H18N6O4. The van der Waals surface area contributed by atoms with Crippen molar-refractivity contribution >= 4 is 40.9 Å². The number of rotatable bonds is 5. The SMILES string of the molecule is NC(=O)Nc1cccc(C(=O)Nc2cccc(NC(=O)[C@H]3CNC(=O)N3)c2)c1. The molecule has 144 valence electrons. The average Bonchev–Trinajstić information content (AvgIpc) is 3.08. The van der Waals surface area contributed by atoms with Crippen LogP contribution in [0.25, 0.3) is 0 Å². The van der Waals surface area contributed by atoms with Gasteiger partial charge in [-0.2, -0.15) is 0 Å². The molecule has 2 aromatic carbocycles. The van der Waals surface area contributed by atoms with Crippen molar-refractivity contribution in [3.05, 3.63) is 54.1 Å². The number of nitrogens with one attached hydrogen (secondary N) is 5. The predicted molar refractivity (Wildman–Crippen MR) is 103 cm³/mol. The number of urea groups is 2. The summed E-state index contributed by atoms with van der Waals surface area (Å²) in [7, 11) is 0. The van der Waals surface area contributed by atoms with Crippen LogP contribution in [0.2, 0.25) is 0 Å². The molecule has 10 nitrogen and oxygen atoms in total. The lowest BCUT2D eigenvalue weighted by molar-refractivity contribution is -0.117. The highest BCUT2D eigenvalue weighted by Gasteiger charge is 2.26. The van der Waals surface area contributed by atoms with Crippen molar-refractivity contribution in [1.29, 1.82) is 0 Å². The fourth-order valence-corrected chi connectivity index (χ4v) is 2.60. The zero-order chi connectivity index (χ0) is 20.1. The molecule has 1 aliphatic heterocycles. The van der Waals surface area contributed by atoms with Gasteiger partial charge in [-0.1, -0.05) is 12.1 Å². The minimum atomic E-state index is -0.727. The number of hydrogen-bond acceptors (Lipinski definition) is 4. The van der Waals surface area contributed by atoms with Gasteiger partial charge >= 0.3 is 12.1 Å². The van der Waals surface area contributed by atoms with Gasteiger partial charge in [0.2, 0.25) is 5.91 Å². The summed E-state index contributed by atoms with van der Waals surface area (Å²) in [6, 6.07) is 11.1. The van der Waals surface area contributed by atoms with E-state index in [1.165, 1.54) is 6.07 Å². The van der Waals surface area contributed by atoms with Crippen molar-refractivity contribution in [2.75, 3.05) is 22.5 Å². The third-order valence-corrected chi connectivity index (χ3v) is 3.87. The van der Waals surface area contributed by atoms with Crippen LogP contribution in [0, 0.1) is 0 Å². The number of carbonyl (C=O) groups excluding carboxylic acids is 4. The first-order chi connectivity index (χ1) is 13.4. The Bertz CT molecular complexity index is 945. The Kier molecular flexibility index (Phi) is 5.40. The predicted octanol–water partition coefficient (Wildman–Crippen LogP) is 1.05. The van der Waals surface area contributed by atoms with Gasteiger partial charge in [-0.3, -0.25) is 9.59 Å². The molecular weight excluding hydrogens is 364 g/mol. The normalized spacial score (nSPS) is 15.1. The molecule has 0 unspecified atom stereocenters. The summed E-state index contributed by atoms with van der Waals surface area (Å²) >= 11 is 0. The fraction of sp³-hybridized carbons (Fsp3) is 0.111. The second kappa shape index (κ2) is 8.08. The number of hydrogen-bond donors (Lipinski definition) is 6. The second-order valence-electron chi connectivity index (χ2n) is 6.00. The van der Waals surface area contributed by atoms with Crippen LogP contribution in [0.3, 0.4) is 0 Å². The first-order valence-electron chi connectivity index (χ1n) is 8.34. The summed E-state index contributed by atoms with van der Waals surface area (Å²) in [5.74, 6) is -0.768. The smallest absolute Gasteiger partial charge is 0.316 e. The van der Waals surface area contributed by atoms with E-state index in [1.54, 1.807) is 42.5 Å². The number of primary amides is 1. The fourth-order valence-electron chi connectivity index (χ4n) is 2.60. The third kappa shape index (κ3) is 4.75. The number of anilines is 3. The standard InChI is InChI=1S/C18H18N6O4/c19-17(27)23-11-4-1-3-10(7-11)15(25)21-12-5-2-6-13(8-12)22-16(26)14-9-20-18(28)24-14/h1-8,14H,9H2,(H,21,25)(H,22,26)(H3,19,23,27)(H2,20,24,28)/t14-/m1/s1. The molecule has 0 aromatic heterocycles. The minimum absolute atomic E-state index is 0.205. The Morgan fingerprint density at radius 1 is 0.929 bits per heavy atom. The zero-order valence-electron chi connectivity index (χ0n) is 14.6. The van der Waals surface area contributed by atoms with Crippen molar-refractivity contribution in [2.24, 2.45) is 5.73 Å². The van der Waals surface area contributed by atoms with E-state index in [0.29, 0.717) is 22.6 Å². The van der Waals surface area contributed by atoms with Crippen LogP contribution in [0.4, 0.5) is 26.7 Å². The molecule has 10 heteroatoms. The molecule has 1 atom stereocenters. The van der Waals surface area contributed by atoms with Gasteiger partial charge in [0.15, 0.2) is 0 Å². The Morgan fingerprint density at radius 3 is 2.21 bits per heavy atom. The van der Waals surface area contributed by atoms with Gasteiger partial charge in [0.25, 0.3) is 5.91 Å². The third-order valence-electron chi connectivity index (χ3n) is 3.87. The maximum atomic E-state index is 12.4. The summed E-state index contributed by atoms with van der Waals surface area (Å²) in [6.07, 6.45) is 0. The van der Waals surface area contributed by atoms with Crippen molar-refractivity contribution in [2.45, 2.75) is 6.04 Å². The first-order valence-corrected chi connectivity index (χ1v) is 8.34. The number of nitrogens with two attached hydrogens (primary N) is 1. The topological polar surface area (TPSA) is 154 Å². The zero-order valence-corrected chi connectivity index (χ0v) is 14.6. The van der Waals surface area contributed by atoms with E-state index in [-0.39, 0.29) is 12.5 Å². The van der Waals surface area contributed by atoms with Crippen LogP contribution in [0.1, 0.15) is 10.4 Å². The van der Waals surface area contributed by atoms with Crippen LogP contribution < -0.4 is 32.3 Å². The lowest BCUT2D eigenvalue weighted by Gasteiger charge is -2.12. The maximum absolute atomic E-state index is 12.4. The molecule has 28 heavy (non-hydrogen) atoms. The number of benzene rings is 2. The van der Waals surface area contributed by atoms with Crippen molar-refractivity contribution in [3.63, 3.8) is 0 Å². The molecule has 1 saturated heterocycles. The van der Waals surface area contributed by atoms with Crippen LogP contribution in [-0.2, 0) is 4.79 Å². The van der Waals surface area contributed by atoms with Gasteiger partial charge in [0.05, 0.1) is 0 Å². The minimum Gasteiger partial charge on any atom is -0.351 e. The van der Waals surface area contributed by atoms with Gasteiger partial charge in [-0.05, 0) is 36.4 Å². The number of carbonyl (C=O) groups is 4. The van der Waals surface area contributed by atoms with E-state index in [0.717, 1.165) is 0 Å². The Morgan fingerprint density at radius 2 is 1.57 bits per heavy atom. The van der Waals surface area contributed by atoms with Crippen LogP contribution >= 0.6 is 0 Å². The van der Waals surface area contributed by atoms with E-state index >= 15 is 0 Å². The van der Waals surface area contributed by atoms with E-state index < -0.39 is 24.0 Å². The molecule has 6 amide bonds. The Labute approximate surface area is 159 Å². The lowest BCUT2D eigenvalue weighted by Crippen LogP contribution is -2.38. The second-order valence-corrected chi connectivity index (χ2v) is 6.00. The molecule has 7 N–H and O–H groups in total. The summed E-state index contributed by atoms with van der Waals surface area (Å²) in [5.41, 5.74) is 6.72. The van der Waals surface area contributed by atoms with Crippen LogP contribution in [0.5, 0.6) is 0 Å². The summed E-state index contributed by atoms with van der Waals surface area (Å²) in [4.78, 5) is 46.6. The molecule has 0 radical (unpaired) electrons. The Hall–Kier alpha value is -4.08. The average molecular weight is 382 g/mol. The van der Waals surface area contributed by atoms with E-state index in [4.69, 9.17) is 5.73 Å². The quantitative estimate of drug-likeness (QED) is 0.457. The van der Waals surface area contributed by atoms with Crippen LogP contribution in [-0.4, -0.2) is 36.5 Å². The molecule has 3 rings (SSSR count). The molecule has 1 aliphatic rings. The highest BCUT2D eigenvalue weighted by atomic mass is 16.2. The van der Waals surface area contributed by atoms with Gasteiger partial charge in [-0.15, -0.1) is 0 Å². The molecule has 1 heterocycles. The highest BCUT2D eigenvalue weighted by molar-refractivity contribution is 6.06. The molecule has 0 spiro atoms. The highest BCUT2D eigenvalue weighted by Crippen LogP contribution is 2.18. The van der Waals surface area contributed by atoms with Crippen LogP contribution in [0.15, 0.2) is 48.5 Å². The van der Waals surface area contributed by atoms with Gasteiger partial charge in [0, 0.05) is 29.2 Å². The maximum Gasteiger partial charge on any atom is 0.316 e. The van der Waals surface area contributed by atoms with Crippen molar-refractivity contribution in [1.82, 2.24) is 10.6 Å². The summed E-state index contributed by atoms with van der Waals surface area (Å²) in [6.45, 7) is 0.205. The molecule has 1 fully saturated rings. The molecule has 0 aliphatic carbocycles. The number of amides is 6. The van der Waals surface area contributed by atoms with Crippen molar-refractivity contribution in [3.8, 4) is 0 Å². The van der Waals surface area contributed by atoms with Gasteiger partial charge in [-0.25, -0.2) is 9.59 Å². The van der Waals surface area contributed by atoms with Gasteiger partial charge in [0.1, 0.15) is 6.04 Å². The van der Waals surface area contributed by atoms with Crippen molar-refractivity contribution < 1.29 is 19.2 Å². The lowest BCUT2D eigenvalue weighted by atomic mass is 10.1. The summed E-state index contributed by atoms with van der Waals surface area (Å²) < 4.78 is 0. The molecule has 2 aromatic rings. The monoisotopic (exact) mass is 382 g/mol. The van der Waals surface area contributed by atoms with E-state index in [9.17, 15) is 19.2 Å². The first kappa shape index (κ1) is 18.7. The van der Waals surface area contributed by atoms with E-state index in [2.05, 4.69) is 26.6 Å². The van der Waals surface area contributed by atoms with E-state index in [1.807, 2.05) is 0 Å². The summed E-state index contributed by atoms with van der Waals surface area (Å²) in [5, 5.41) is 12.8. The Balaban J connectivity index is 1.65. The largest absolute Gasteiger partial charge is 0.351 e.